The molecule has 0 amide bonds. The summed E-state index contributed by atoms with van der Waals surface area (Å²) >= 11 is 3.35. The van der Waals surface area contributed by atoms with E-state index in [1.165, 1.54) is 0 Å². The Morgan fingerprint density at radius 1 is 1.26 bits per heavy atom. The van der Waals surface area contributed by atoms with Gasteiger partial charge in [0, 0.05) is 12.1 Å². The van der Waals surface area contributed by atoms with Crippen LogP contribution in [0.5, 0.6) is 0 Å². The number of nitriles is 1. The molecule has 0 saturated carbocycles. The Hall–Kier alpha value is -1.93. The number of hydrogen-bond donors (Lipinski definition) is 1. The molecule has 2 rings (SSSR count). The molecule has 1 N–H and O–H groups in total. The molecular formula is C14H13BrN4. The van der Waals surface area contributed by atoms with E-state index in [1.54, 1.807) is 0 Å². The SMILES string of the molecule is Cc1nc(Br)cc(NC(C)c2ccc(C#N)cc2)n1. The largest absolute Gasteiger partial charge is 0.363 e. The van der Waals surface area contributed by atoms with Crippen molar-refractivity contribution in [1.29, 1.82) is 5.26 Å². The van der Waals surface area contributed by atoms with Crippen molar-refractivity contribution in [3.63, 3.8) is 0 Å². The van der Waals surface area contributed by atoms with E-state index >= 15 is 0 Å². The average molecular weight is 317 g/mol. The molecule has 5 heteroatoms. The normalized spacial score (nSPS) is 11.7. The lowest BCUT2D eigenvalue weighted by atomic mass is 10.1. The predicted molar refractivity (Wildman–Crippen MR) is 77.7 cm³/mol. The van der Waals surface area contributed by atoms with E-state index in [-0.39, 0.29) is 6.04 Å². The van der Waals surface area contributed by atoms with Crippen molar-refractivity contribution in [2.24, 2.45) is 0 Å². The van der Waals surface area contributed by atoms with Crippen LogP contribution in [0.4, 0.5) is 5.82 Å². The monoisotopic (exact) mass is 316 g/mol. The molecular weight excluding hydrogens is 304 g/mol. The maximum Gasteiger partial charge on any atom is 0.131 e. The number of anilines is 1. The summed E-state index contributed by atoms with van der Waals surface area (Å²) in [7, 11) is 0. The summed E-state index contributed by atoms with van der Waals surface area (Å²) in [4.78, 5) is 8.50. The van der Waals surface area contributed by atoms with Gasteiger partial charge in [-0.1, -0.05) is 12.1 Å². The predicted octanol–water partition coefficient (Wildman–Crippen LogP) is 3.59. The maximum absolute atomic E-state index is 8.78. The molecule has 0 spiro atoms. The van der Waals surface area contributed by atoms with E-state index in [0.717, 1.165) is 16.0 Å². The Morgan fingerprint density at radius 3 is 2.53 bits per heavy atom. The van der Waals surface area contributed by atoms with Gasteiger partial charge in [-0.05, 0) is 47.5 Å². The van der Waals surface area contributed by atoms with Gasteiger partial charge in [-0.15, -0.1) is 0 Å². The lowest BCUT2D eigenvalue weighted by Crippen LogP contribution is -2.08. The Kier molecular flexibility index (Phi) is 4.13. The zero-order valence-electron chi connectivity index (χ0n) is 10.7. The first-order chi connectivity index (χ1) is 9.08. The van der Waals surface area contributed by atoms with Crippen molar-refractivity contribution >= 4 is 21.7 Å². The van der Waals surface area contributed by atoms with Gasteiger partial charge in [-0.2, -0.15) is 5.26 Å². The quantitative estimate of drug-likeness (QED) is 0.879. The van der Waals surface area contributed by atoms with E-state index in [0.29, 0.717) is 11.4 Å². The summed E-state index contributed by atoms with van der Waals surface area (Å²) < 4.78 is 0.759. The third-order valence-electron chi connectivity index (χ3n) is 2.71. The highest BCUT2D eigenvalue weighted by Crippen LogP contribution is 2.20. The Bertz CT molecular complexity index is 596. The minimum atomic E-state index is 0.106. The average Bonchev–Trinajstić information content (AvgIpc) is 2.37. The Balaban J connectivity index is 2.15. The minimum Gasteiger partial charge on any atom is -0.363 e. The Labute approximate surface area is 120 Å². The van der Waals surface area contributed by atoms with Crippen LogP contribution in [0, 0.1) is 18.3 Å². The van der Waals surface area contributed by atoms with Crippen LogP contribution in [-0.2, 0) is 0 Å². The number of aromatic nitrogens is 2. The molecule has 0 saturated heterocycles. The number of benzene rings is 1. The molecule has 2 aromatic rings. The van der Waals surface area contributed by atoms with Crippen LogP contribution in [-0.4, -0.2) is 9.97 Å². The lowest BCUT2D eigenvalue weighted by Gasteiger charge is -2.15. The minimum absolute atomic E-state index is 0.106. The zero-order valence-corrected chi connectivity index (χ0v) is 12.3. The van der Waals surface area contributed by atoms with Gasteiger partial charge in [-0.25, -0.2) is 9.97 Å². The number of hydrogen-bond acceptors (Lipinski definition) is 4. The molecule has 0 aliphatic rings. The molecule has 0 aliphatic heterocycles. The van der Waals surface area contributed by atoms with Crippen molar-refractivity contribution in [3.8, 4) is 6.07 Å². The van der Waals surface area contributed by atoms with Crippen LogP contribution in [0.2, 0.25) is 0 Å². The molecule has 4 nitrogen and oxygen atoms in total. The van der Waals surface area contributed by atoms with Gasteiger partial charge in [0.1, 0.15) is 16.2 Å². The van der Waals surface area contributed by atoms with Crippen molar-refractivity contribution in [2.75, 3.05) is 5.32 Å². The third kappa shape index (κ3) is 3.52. The van der Waals surface area contributed by atoms with Crippen molar-refractivity contribution in [1.82, 2.24) is 9.97 Å². The first kappa shape index (κ1) is 13.5. The number of nitrogens with zero attached hydrogens (tertiary/aromatic N) is 3. The standard InChI is InChI=1S/C14H13BrN4/c1-9(12-5-3-11(8-16)4-6-12)17-14-7-13(15)18-10(2)19-14/h3-7,9H,1-2H3,(H,17,18,19). The summed E-state index contributed by atoms with van der Waals surface area (Å²) in [5, 5.41) is 12.1. The molecule has 0 fully saturated rings. The highest BCUT2D eigenvalue weighted by atomic mass is 79.9. The van der Waals surface area contributed by atoms with Crippen LogP contribution < -0.4 is 5.32 Å². The highest BCUT2D eigenvalue weighted by molar-refractivity contribution is 9.10. The summed E-state index contributed by atoms with van der Waals surface area (Å²) in [5.74, 6) is 1.49. The van der Waals surface area contributed by atoms with E-state index < -0.39 is 0 Å². The van der Waals surface area contributed by atoms with E-state index in [1.807, 2.05) is 44.2 Å². The summed E-state index contributed by atoms with van der Waals surface area (Å²) in [6, 6.07) is 11.6. The van der Waals surface area contributed by atoms with Gasteiger partial charge in [0.05, 0.1) is 11.6 Å². The van der Waals surface area contributed by atoms with Crippen molar-refractivity contribution in [2.45, 2.75) is 19.9 Å². The highest BCUT2D eigenvalue weighted by Gasteiger charge is 2.07. The fourth-order valence-corrected chi connectivity index (χ4v) is 2.23. The molecule has 96 valence electrons. The number of rotatable bonds is 3. The first-order valence-corrected chi connectivity index (χ1v) is 6.65. The fraction of sp³-hybridized carbons (Fsp3) is 0.214. The number of aryl methyl sites for hydroxylation is 1. The van der Waals surface area contributed by atoms with Crippen molar-refractivity contribution in [3.05, 3.63) is 51.9 Å². The van der Waals surface area contributed by atoms with E-state index in [9.17, 15) is 0 Å². The van der Waals surface area contributed by atoms with Crippen LogP contribution >= 0.6 is 15.9 Å². The molecule has 0 aliphatic carbocycles. The van der Waals surface area contributed by atoms with E-state index in [2.05, 4.69) is 37.3 Å². The smallest absolute Gasteiger partial charge is 0.131 e. The van der Waals surface area contributed by atoms with Crippen LogP contribution in [0.15, 0.2) is 34.9 Å². The summed E-state index contributed by atoms with van der Waals surface area (Å²) in [6.45, 7) is 3.90. The summed E-state index contributed by atoms with van der Waals surface area (Å²) in [6.07, 6.45) is 0. The molecule has 1 heterocycles. The van der Waals surface area contributed by atoms with Crippen LogP contribution in [0.1, 0.15) is 29.9 Å². The van der Waals surface area contributed by atoms with Crippen molar-refractivity contribution < 1.29 is 0 Å². The van der Waals surface area contributed by atoms with Gasteiger partial charge in [0.2, 0.25) is 0 Å². The van der Waals surface area contributed by atoms with Gasteiger partial charge in [0.15, 0.2) is 0 Å². The van der Waals surface area contributed by atoms with E-state index in [4.69, 9.17) is 5.26 Å². The van der Waals surface area contributed by atoms with Gasteiger partial charge >= 0.3 is 0 Å². The second-order valence-electron chi connectivity index (χ2n) is 4.22. The maximum atomic E-state index is 8.78. The fourth-order valence-electron chi connectivity index (χ4n) is 1.76. The van der Waals surface area contributed by atoms with Gasteiger partial charge in [0.25, 0.3) is 0 Å². The number of nitrogens with one attached hydrogen (secondary N) is 1. The molecule has 1 atom stereocenters. The lowest BCUT2D eigenvalue weighted by molar-refractivity contribution is 0.865. The molecule has 0 bridgehead atoms. The molecule has 1 aromatic heterocycles. The molecule has 0 radical (unpaired) electrons. The topological polar surface area (TPSA) is 61.6 Å². The van der Waals surface area contributed by atoms with Gasteiger partial charge in [-0.3, -0.25) is 0 Å². The molecule has 19 heavy (non-hydrogen) atoms. The van der Waals surface area contributed by atoms with Crippen LogP contribution in [0.3, 0.4) is 0 Å². The first-order valence-electron chi connectivity index (χ1n) is 5.86. The van der Waals surface area contributed by atoms with Crippen LogP contribution in [0.25, 0.3) is 0 Å². The second-order valence-corrected chi connectivity index (χ2v) is 5.04. The molecule has 1 aromatic carbocycles. The Morgan fingerprint density at radius 2 is 1.95 bits per heavy atom. The second kappa shape index (κ2) is 5.81. The molecule has 1 unspecified atom stereocenters. The zero-order chi connectivity index (χ0) is 13.8. The number of halogens is 1. The third-order valence-corrected chi connectivity index (χ3v) is 3.12. The van der Waals surface area contributed by atoms with Gasteiger partial charge < -0.3 is 5.32 Å². The summed E-state index contributed by atoms with van der Waals surface area (Å²) in [5.41, 5.74) is 1.77.